The molecule has 1 heterocycles. The lowest BCUT2D eigenvalue weighted by atomic mass is 9.95. The Morgan fingerprint density at radius 2 is 2.22 bits per heavy atom. The van der Waals surface area contributed by atoms with E-state index < -0.39 is 11.5 Å². The molecule has 1 unspecified atom stereocenters. The molecule has 0 aromatic rings. The number of nitrogens with one attached hydrogen (secondary N) is 1. The van der Waals surface area contributed by atoms with E-state index in [0.717, 1.165) is 12.8 Å². The number of piperidine rings is 1. The summed E-state index contributed by atoms with van der Waals surface area (Å²) in [5.74, 6) is 1.73. The Kier molecular flexibility index (Phi) is 4.60. The van der Waals surface area contributed by atoms with Crippen LogP contribution in [0.2, 0.25) is 0 Å². The summed E-state index contributed by atoms with van der Waals surface area (Å²) in [6.45, 7) is 4.65. The Labute approximate surface area is 108 Å². The van der Waals surface area contributed by atoms with E-state index in [1.165, 1.54) is 0 Å². The number of carbonyl (C=O) groups excluding carboxylic acids is 1. The van der Waals surface area contributed by atoms with Gasteiger partial charge in [-0.25, -0.2) is 4.79 Å². The van der Waals surface area contributed by atoms with Crippen LogP contribution in [0.25, 0.3) is 0 Å². The molecule has 5 nitrogen and oxygen atoms in total. The minimum absolute atomic E-state index is 0.0379. The largest absolute Gasteiger partial charge is 0.481 e. The first-order chi connectivity index (χ1) is 8.34. The molecule has 0 spiro atoms. The lowest BCUT2D eigenvalue weighted by Gasteiger charge is -2.34. The number of urea groups is 1. The van der Waals surface area contributed by atoms with Crippen LogP contribution in [0, 0.1) is 18.3 Å². The molecule has 2 amide bonds. The topological polar surface area (TPSA) is 69.6 Å². The first-order valence-corrected chi connectivity index (χ1v) is 6.10. The summed E-state index contributed by atoms with van der Waals surface area (Å²) in [5, 5.41) is 11.5. The number of amides is 2. The number of rotatable bonds is 3. The highest BCUT2D eigenvalue weighted by atomic mass is 16.4. The maximum absolute atomic E-state index is 12.0. The normalized spacial score (nSPS) is 20.1. The van der Waals surface area contributed by atoms with Crippen LogP contribution >= 0.6 is 0 Å². The van der Waals surface area contributed by atoms with Crippen LogP contribution in [-0.4, -0.2) is 40.6 Å². The Morgan fingerprint density at radius 3 is 2.78 bits per heavy atom. The van der Waals surface area contributed by atoms with Gasteiger partial charge >= 0.3 is 12.0 Å². The standard InChI is InChI=1S/C13H20N2O3/c1-4-13(2,3)14-12(18)15-7-5-6-10(9-15)8-11(16)17/h1,10H,5-9H2,2-3H3,(H,14,18)(H,16,17). The van der Waals surface area contributed by atoms with Crippen molar-refractivity contribution in [2.24, 2.45) is 5.92 Å². The van der Waals surface area contributed by atoms with Crippen LogP contribution in [0.4, 0.5) is 4.79 Å². The number of carboxylic acid groups (broad SMARTS) is 1. The Balaban J connectivity index is 2.54. The van der Waals surface area contributed by atoms with Gasteiger partial charge in [0.05, 0.1) is 5.54 Å². The van der Waals surface area contributed by atoms with Crippen molar-refractivity contribution in [2.45, 2.75) is 38.6 Å². The lowest BCUT2D eigenvalue weighted by Crippen LogP contribution is -2.52. The van der Waals surface area contributed by atoms with E-state index in [1.54, 1.807) is 18.7 Å². The zero-order chi connectivity index (χ0) is 13.8. The number of nitrogens with zero attached hydrogens (tertiary/aromatic N) is 1. The molecule has 100 valence electrons. The molecule has 0 radical (unpaired) electrons. The van der Waals surface area contributed by atoms with Gasteiger partial charge in [-0.2, -0.15) is 0 Å². The van der Waals surface area contributed by atoms with Gasteiger partial charge < -0.3 is 15.3 Å². The molecule has 0 aromatic carbocycles. The summed E-state index contributed by atoms with van der Waals surface area (Å²) < 4.78 is 0. The van der Waals surface area contributed by atoms with E-state index in [9.17, 15) is 9.59 Å². The van der Waals surface area contributed by atoms with Gasteiger partial charge in [-0.1, -0.05) is 5.92 Å². The number of carboxylic acids is 1. The van der Waals surface area contributed by atoms with Gasteiger partial charge in [0.1, 0.15) is 0 Å². The van der Waals surface area contributed by atoms with Crippen molar-refractivity contribution in [3.63, 3.8) is 0 Å². The molecule has 1 fully saturated rings. The second-order valence-corrected chi connectivity index (χ2v) is 5.25. The summed E-state index contributed by atoms with van der Waals surface area (Å²) in [5.41, 5.74) is -0.684. The maximum atomic E-state index is 12.0. The van der Waals surface area contributed by atoms with E-state index >= 15 is 0 Å². The third kappa shape index (κ3) is 4.28. The number of aliphatic carboxylic acids is 1. The summed E-state index contributed by atoms with van der Waals surface area (Å²) >= 11 is 0. The first kappa shape index (κ1) is 14.4. The second kappa shape index (κ2) is 5.76. The first-order valence-electron chi connectivity index (χ1n) is 6.10. The zero-order valence-electron chi connectivity index (χ0n) is 10.9. The fourth-order valence-corrected chi connectivity index (χ4v) is 2.05. The van der Waals surface area contributed by atoms with Crippen molar-refractivity contribution >= 4 is 12.0 Å². The zero-order valence-corrected chi connectivity index (χ0v) is 10.9. The predicted octanol–water partition coefficient (Wildman–Crippen LogP) is 1.29. The third-order valence-electron chi connectivity index (χ3n) is 3.05. The van der Waals surface area contributed by atoms with Crippen molar-refractivity contribution in [2.75, 3.05) is 13.1 Å². The van der Waals surface area contributed by atoms with Crippen molar-refractivity contribution < 1.29 is 14.7 Å². The summed E-state index contributed by atoms with van der Waals surface area (Å²) in [6, 6.07) is -0.215. The lowest BCUT2D eigenvalue weighted by molar-refractivity contribution is -0.138. The van der Waals surface area contributed by atoms with Crippen molar-refractivity contribution in [1.82, 2.24) is 10.2 Å². The monoisotopic (exact) mass is 252 g/mol. The van der Waals surface area contributed by atoms with Gasteiger partial charge in [-0.15, -0.1) is 6.42 Å². The van der Waals surface area contributed by atoms with Gasteiger partial charge in [-0.05, 0) is 32.6 Å². The van der Waals surface area contributed by atoms with Gasteiger partial charge in [0, 0.05) is 19.5 Å². The molecule has 0 aliphatic carbocycles. The predicted molar refractivity (Wildman–Crippen MR) is 68.0 cm³/mol. The van der Waals surface area contributed by atoms with Gasteiger partial charge in [0.2, 0.25) is 0 Å². The highest BCUT2D eigenvalue weighted by molar-refractivity contribution is 5.76. The van der Waals surface area contributed by atoms with Crippen molar-refractivity contribution in [3.8, 4) is 12.3 Å². The molecule has 1 aliphatic rings. The number of hydrogen-bond donors (Lipinski definition) is 2. The molecule has 1 rings (SSSR count). The molecule has 1 aliphatic heterocycles. The van der Waals surface area contributed by atoms with Crippen LogP contribution in [0.15, 0.2) is 0 Å². The molecule has 0 bridgehead atoms. The molecule has 5 heteroatoms. The average Bonchev–Trinajstić information content (AvgIpc) is 2.28. The van der Waals surface area contributed by atoms with E-state index in [4.69, 9.17) is 11.5 Å². The molecule has 2 N–H and O–H groups in total. The number of likely N-dealkylation sites (tertiary alicyclic amines) is 1. The molecule has 1 saturated heterocycles. The highest BCUT2D eigenvalue weighted by Crippen LogP contribution is 2.20. The fraction of sp³-hybridized carbons (Fsp3) is 0.692. The molecular formula is C13H20N2O3. The summed E-state index contributed by atoms with van der Waals surface area (Å²) in [6.07, 6.45) is 7.12. The average molecular weight is 252 g/mol. The Morgan fingerprint density at radius 1 is 1.56 bits per heavy atom. The van der Waals surface area contributed by atoms with Gasteiger partial charge in [-0.3, -0.25) is 4.79 Å². The van der Waals surface area contributed by atoms with E-state index in [1.807, 2.05) is 0 Å². The molecule has 0 aromatic heterocycles. The minimum Gasteiger partial charge on any atom is -0.481 e. The van der Waals surface area contributed by atoms with Gasteiger partial charge in [0.25, 0.3) is 0 Å². The summed E-state index contributed by atoms with van der Waals surface area (Å²) in [7, 11) is 0. The van der Waals surface area contributed by atoms with Crippen LogP contribution in [-0.2, 0) is 4.79 Å². The molecule has 18 heavy (non-hydrogen) atoms. The van der Waals surface area contributed by atoms with Gasteiger partial charge in [0.15, 0.2) is 0 Å². The van der Waals surface area contributed by atoms with E-state index in [2.05, 4.69) is 11.2 Å². The van der Waals surface area contributed by atoms with Crippen LogP contribution < -0.4 is 5.32 Å². The van der Waals surface area contributed by atoms with Crippen molar-refractivity contribution in [3.05, 3.63) is 0 Å². The molecular weight excluding hydrogens is 232 g/mol. The quantitative estimate of drug-likeness (QED) is 0.744. The summed E-state index contributed by atoms with van der Waals surface area (Å²) in [4.78, 5) is 24.3. The third-order valence-corrected chi connectivity index (χ3v) is 3.05. The smallest absolute Gasteiger partial charge is 0.318 e. The van der Waals surface area contributed by atoms with Crippen molar-refractivity contribution in [1.29, 1.82) is 0 Å². The molecule has 1 atom stereocenters. The molecule has 0 saturated carbocycles. The highest BCUT2D eigenvalue weighted by Gasteiger charge is 2.27. The van der Waals surface area contributed by atoms with Crippen LogP contribution in [0.1, 0.15) is 33.1 Å². The SMILES string of the molecule is C#CC(C)(C)NC(=O)N1CCCC(CC(=O)O)C1. The Hall–Kier alpha value is -1.70. The minimum atomic E-state index is -0.814. The number of hydrogen-bond acceptors (Lipinski definition) is 2. The van der Waals surface area contributed by atoms with E-state index in [-0.39, 0.29) is 18.4 Å². The second-order valence-electron chi connectivity index (χ2n) is 5.25. The maximum Gasteiger partial charge on any atom is 0.318 e. The van der Waals surface area contributed by atoms with Crippen LogP contribution in [0.5, 0.6) is 0 Å². The number of terminal acetylenes is 1. The fourth-order valence-electron chi connectivity index (χ4n) is 2.05. The Bertz CT molecular complexity index is 371. The van der Waals surface area contributed by atoms with Crippen LogP contribution in [0.3, 0.4) is 0 Å². The number of carbonyl (C=O) groups is 2. The van der Waals surface area contributed by atoms with E-state index in [0.29, 0.717) is 13.1 Å².